The number of sulfonamides is 1. The number of nitrogens with two attached hydrogens (primary N) is 1. The molecule has 27 heavy (non-hydrogen) atoms. The van der Waals surface area contributed by atoms with Crippen LogP contribution in [-0.4, -0.2) is 26.6 Å². The normalized spacial score (nSPS) is 11.4. The molecule has 0 unspecified atom stereocenters. The third kappa shape index (κ3) is 6.64. The number of unbranched alkanes of at least 4 members (excludes halogenated alkanes) is 1. The van der Waals surface area contributed by atoms with Crippen molar-refractivity contribution in [3.05, 3.63) is 58.1 Å². The fraction of sp³-hybridized carbons (Fsp3) is 0.316. The monoisotopic (exact) mass is 470 g/mol. The number of aryl methyl sites for hydroxylation is 1. The summed E-state index contributed by atoms with van der Waals surface area (Å²) < 4.78 is 24.0. The van der Waals surface area contributed by atoms with Crippen LogP contribution in [0.5, 0.6) is 0 Å². The Bertz CT molecular complexity index is 887. The smallest absolute Gasteiger partial charge is 0.252 e. The predicted molar refractivity (Wildman–Crippen MR) is 114 cm³/mol. The average Bonchev–Trinajstić information content (AvgIpc) is 2.61. The highest BCUT2D eigenvalue weighted by atomic mass is 79.9. The molecule has 0 atom stereocenters. The van der Waals surface area contributed by atoms with E-state index in [0.29, 0.717) is 16.6 Å². The van der Waals surface area contributed by atoms with Gasteiger partial charge in [0.15, 0.2) is 0 Å². The Morgan fingerprint density at radius 1 is 1.22 bits per heavy atom. The van der Waals surface area contributed by atoms with Gasteiger partial charge in [-0.15, -0.1) is 11.8 Å². The Morgan fingerprint density at radius 3 is 2.56 bits per heavy atom. The van der Waals surface area contributed by atoms with Gasteiger partial charge >= 0.3 is 0 Å². The van der Waals surface area contributed by atoms with Gasteiger partial charge < -0.3 is 5.32 Å². The highest BCUT2D eigenvalue weighted by molar-refractivity contribution is 9.10. The number of benzene rings is 2. The van der Waals surface area contributed by atoms with Gasteiger partial charge in [-0.3, -0.25) is 4.79 Å². The lowest BCUT2D eigenvalue weighted by Crippen LogP contribution is -2.25. The molecule has 1 amide bonds. The van der Waals surface area contributed by atoms with Crippen molar-refractivity contribution in [3.63, 3.8) is 0 Å². The molecule has 0 saturated carbocycles. The van der Waals surface area contributed by atoms with Crippen molar-refractivity contribution in [1.29, 1.82) is 0 Å². The molecule has 0 fully saturated rings. The molecule has 0 aliphatic heterocycles. The van der Waals surface area contributed by atoms with Crippen LogP contribution < -0.4 is 10.5 Å². The second kappa shape index (κ2) is 10.3. The number of hydrogen-bond donors (Lipinski definition) is 2. The van der Waals surface area contributed by atoms with Crippen molar-refractivity contribution >= 4 is 43.6 Å². The third-order valence-corrected chi connectivity index (χ3v) is 6.82. The molecular weight excluding hydrogens is 448 g/mol. The lowest BCUT2D eigenvalue weighted by Gasteiger charge is -2.13. The molecule has 0 aliphatic rings. The van der Waals surface area contributed by atoms with Gasteiger partial charge in [-0.25, -0.2) is 13.6 Å². The summed E-state index contributed by atoms with van der Waals surface area (Å²) in [6.45, 7) is 2.58. The zero-order valence-corrected chi connectivity index (χ0v) is 18.3. The van der Waals surface area contributed by atoms with Crippen LogP contribution in [0.15, 0.2) is 56.7 Å². The van der Waals surface area contributed by atoms with Crippen LogP contribution in [0.2, 0.25) is 0 Å². The number of halogens is 1. The number of hydrogen-bond acceptors (Lipinski definition) is 4. The Morgan fingerprint density at radius 2 is 1.93 bits per heavy atom. The summed E-state index contributed by atoms with van der Waals surface area (Å²) in [5.41, 5.74) is 1.54. The molecule has 3 N–H and O–H groups in total. The summed E-state index contributed by atoms with van der Waals surface area (Å²) in [5.74, 6) is 0.475. The van der Waals surface area contributed by atoms with Crippen molar-refractivity contribution in [2.75, 3.05) is 12.3 Å². The molecule has 5 nitrogen and oxygen atoms in total. The molecule has 2 aromatic carbocycles. The maximum atomic E-state index is 12.6. The summed E-state index contributed by atoms with van der Waals surface area (Å²) >= 11 is 4.78. The summed E-state index contributed by atoms with van der Waals surface area (Å²) in [4.78, 5) is 13.2. The van der Waals surface area contributed by atoms with Crippen LogP contribution >= 0.6 is 27.7 Å². The first-order valence-corrected chi connectivity index (χ1v) is 12.0. The first-order chi connectivity index (χ1) is 12.8. The van der Waals surface area contributed by atoms with E-state index in [1.807, 2.05) is 25.1 Å². The lowest BCUT2D eigenvalue weighted by atomic mass is 10.2. The first kappa shape index (κ1) is 21.9. The van der Waals surface area contributed by atoms with Gasteiger partial charge in [0.05, 0.1) is 10.5 Å². The fourth-order valence-corrected chi connectivity index (χ4v) is 5.30. The Balaban J connectivity index is 2.24. The predicted octanol–water partition coefficient (Wildman–Crippen LogP) is 3.96. The molecule has 0 heterocycles. The summed E-state index contributed by atoms with van der Waals surface area (Å²) in [5, 5.41) is 8.12. The minimum absolute atomic E-state index is 0.0875. The van der Waals surface area contributed by atoms with Crippen LogP contribution in [0.25, 0.3) is 0 Å². The molecular formula is C19H23BrN2O3S2. The molecule has 0 spiro atoms. The van der Waals surface area contributed by atoms with E-state index >= 15 is 0 Å². The Kier molecular flexibility index (Phi) is 8.34. The largest absolute Gasteiger partial charge is 0.352 e. The topological polar surface area (TPSA) is 89.3 Å². The SMILES string of the molecule is CCCCNC(=O)c1cc(S(N)(=O)=O)c(Br)cc1SCCc1ccccc1. The van der Waals surface area contributed by atoms with Crippen molar-refractivity contribution in [3.8, 4) is 0 Å². The van der Waals surface area contributed by atoms with Crippen molar-refractivity contribution < 1.29 is 13.2 Å². The molecule has 8 heteroatoms. The Labute approximate surface area is 173 Å². The number of thioether (sulfide) groups is 1. The lowest BCUT2D eigenvalue weighted by molar-refractivity contribution is 0.0950. The van der Waals surface area contributed by atoms with Crippen molar-refractivity contribution in [2.45, 2.75) is 36.0 Å². The molecule has 2 rings (SSSR count). The van der Waals surface area contributed by atoms with Gasteiger partial charge in [0.1, 0.15) is 0 Å². The maximum Gasteiger partial charge on any atom is 0.252 e. The molecule has 0 saturated heterocycles. The van der Waals surface area contributed by atoms with E-state index < -0.39 is 10.0 Å². The van der Waals surface area contributed by atoms with Gasteiger partial charge in [0.25, 0.3) is 5.91 Å². The van der Waals surface area contributed by atoms with E-state index in [4.69, 9.17) is 5.14 Å². The number of rotatable bonds is 9. The number of primary sulfonamides is 1. The molecule has 146 valence electrons. The van der Waals surface area contributed by atoms with Gasteiger partial charge in [0.2, 0.25) is 10.0 Å². The van der Waals surface area contributed by atoms with Gasteiger partial charge in [0, 0.05) is 21.7 Å². The summed E-state index contributed by atoms with van der Waals surface area (Å²) in [6, 6.07) is 13.1. The van der Waals surface area contributed by atoms with Gasteiger partial charge in [-0.2, -0.15) is 0 Å². The summed E-state index contributed by atoms with van der Waals surface area (Å²) in [6.07, 6.45) is 2.67. The van der Waals surface area contributed by atoms with Crippen LogP contribution in [-0.2, 0) is 16.4 Å². The molecule has 0 bridgehead atoms. The zero-order chi connectivity index (χ0) is 19.9. The Hall–Kier alpha value is -1.35. The number of carbonyl (C=O) groups excluding carboxylic acids is 1. The number of nitrogens with one attached hydrogen (secondary N) is 1. The van der Waals surface area contributed by atoms with E-state index in [9.17, 15) is 13.2 Å². The van der Waals surface area contributed by atoms with Gasteiger partial charge in [-0.1, -0.05) is 43.7 Å². The minimum atomic E-state index is -3.93. The minimum Gasteiger partial charge on any atom is -0.352 e. The van der Waals surface area contributed by atoms with Gasteiger partial charge in [-0.05, 0) is 46.5 Å². The average molecular weight is 471 g/mol. The summed E-state index contributed by atoms with van der Waals surface area (Å²) in [7, 11) is -3.93. The molecule has 0 radical (unpaired) electrons. The van der Waals surface area contributed by atoms with Crippen molar-refractivity contribution in [2.24, 2.45) is 5.14 Å². The van der Waals surface area contributed by atoms with E-state index in [1.54, 1.807) is 6.07 Å². The quantitative estimate of drug-likeness (QED) is 0.428. The third-order valence-electron chi connectivity index (χ3n) is 3.89. The van der Waals surface area contributed by atoms with E-state index in [1.165, 1.54) is 23.4 Å². The standard InChI is InChI=1S/C19H23BrN2O3S2/c1-2-3-10-22-19(23)15-12-18(27(21,24)25)16(20)13-17(15)26-11-9-14-7-5-4-6-8-14/h4-8,12-13H,2-3,9-11H2,1H3,(H,22,23)(H2,21,24,25). The van der Waals surface area contributed by atoms with E-state index in [0.717, 1.165) is 29.9 Å². The highest BCUT2D eigenvalue weighted by Gasteiger charge is 2.20. The van der Waals surface area contributed by atoms with Crippen LogP contribution in [0.3, 0.4) is 0 Å². The van der Waals surface area contributed by atoms with Crippen molar-refractivity contribution in [1.82, 2.24) is 5.32 Å². The van der Waals surface area contributed by atoms with E-state index in [-0.39, 0.29) is 10.8 Å². The second-order valence-corrected chi connectivity index (χ2v) is 9.54. The van der Waals surface area contributed by atoms with E-state index in [2.05, 4.69) is 33.4 Å². The highest BCUT2D eigenvalue weighted by Crippen LogP contribution is 2.32. The molecule has 0 aromatic heterocycles. The molecule has 0 aliphatic carbocycles. The fourth-order valence-electron chi connectivity index (χ4n) is 2.45. The van der Waals surface area contributed by atoms with Crippen LogP contribution in [0.4, 0.5) is 0 Å². The second-order valence-electron chi connectivity index (χ2n) is 6.02. The molecule has 2 aromatic rings. The van der Waals surface area contributed by atoms with Crippen LogP contribution in [0, 0.1) is 0 Å². The number of amides is 1. The van der Waals surface area contributed by atoms with Crippen LogP contribution in [0.1, 0.15) is 35.7 Å². The zero-order valence-electron chi connectivity index (χ0n) is 15.1. The number of carbonyl (C=O) groups is 1. The first-order valence-electron chi connectivity index (χ1n) is 8.64. The maximum absolute atomic E-state index is 12.6.